The van der Waals surface area contributed by atoms with Crippen LogP contribution in [0.15, 0.2) is 23.3 Å². The van der Waals surface area contributed by atoms with Crippen molar-refractivity contribution in [2.75, 3.05) is 0 Å². The number of hydrogen-bond donors (Lipinski definition) is 1. The minimum Gasteiger partial charge on any atom is -0.386 e. The summed E-state index contributed by atoms with van der Waals surface area (Å²) in [7, 11) is 0. The van der Waals surface area contributed by atoms with Gasteiger partial charge in [0.1, 0.15) is 0 Å². The number of allylic oxidation sites excluding steroid dienone is 3. The van der Waals surface area contributed by atoms with Crippen LogP contribution in [0, 0.1) is 5.41 Å². The summed E-state index contributed by atoms with van der Waals surface area (Å²) < 4.78 is 0. The SMILES string of the molecule is CC1=C(/C=C/C(C)(C)O)C(C)(C)CCC1. The molecule has 0 atom stereocenters. The Hall–Kier alpha value is -0.560. The van der Waals surface area contributed by atoms with E-state index in [0.29, 0.717) is 0 Å². The molecule has 0 spiro atoms. The fourth-order valence-electron chi connectivity index (χ4n) is 2.30. The molecule has 0 unspecified atom stereocenters. The molecular formula is C14H24O. The zero-order chi connectivity index (χ0) is 11.7. The van der Waals surface area contributed by atoms with E-state index in [1.807, 2.05) is 19.9 Å². The second-order valence-corrected chi connectivity index (χ2v) is 5.92. The van der Waals surface area contributed by atoms with E-state index >= 15 is 0 Å². The predicted molar refractivity (Wildman–Crippen MR) is 65.8 cm³/mol. The smallest absolute Gasteiger partial charge is 0.0774 e. The molecular weight excluding hydrogens is 184 g/mol. The lowest BCUT2D eigenvalue weighted by molar-refractivity contribution is 0.133. The Kier molecular flexibility index (Phi) is 3.44. The van der Waals surface area contributed by atoms with Gasteiger partial charge < -0.3 is 5.11 Å². The third-order valence-electron chi connectivity index (χ3n) is 3.20. The lowest BCUT2D eigenvalue weighted by Gasteiger charge is -2.33. The Morgan fingerprint density at radius 2 is 1.93 bits per heavy atom. The third kappa shape index (κ3) is 3.49. The van der Waals surface area contributed by atoms with E-state index in [4.69, 9.17) is 0 Å². The summed E-state index contributed by atoms with van der Waals surface area (Å²) in [5, 5.41) is 9.70. The highest BCUT2D eigenvalue weighted by Gasteiger charge is 2.26. The Bertz CT molecular complexity index is 287. The maximum Gasteiger partial charge on any atom is 0.0774 e. The van der Waals surface area contributed by atoms with Crippen molar-refractivity contribution in [2.24, 2.45) is 5.41 Å². The summed E-state index contributed by atoms with van der Waals surface area (Å²) in [5.41, 5.74) is 2.45. The molecule has 0 saturated heterocycles. The van der Waals surface area contributed by atoms with Crippen LogP contribution in [-0.2, 0) is 0 Å². The molecule has 1 heteroatoms. The standard InChI is InChI=1S/C14H24O/c1-11-7-6-9-13(2,3)12(11)8-10-14(4,5)15/h8,10,15H,6-7,9H2,1-5H3/b10-8+. The van der Waals surface area contributed by atoms with Gasteiger partial charge in [-0.25, -0.2) is 0 Å². The minimum atomic E-state index is -0.708. The quantitative estimate of drug-likeness (QED) is 0.731. The number of rotatable bonds is 2. The van der Waals surface area contributed by atoms with Gasteiger partial charge in [-0.05, 0) is 51.0 Å². The van der Waals surface area contributed by atoms with Crippen LogP contribution in [0.5, 0.6) is 0 Å². The van der Waals surface area contributed by atoms with Gasteiger partial charge in [-0.15, -0.1) is 0 Å². The van der Waals surface area contributed by atoms with Gasteiger partial charge >= 0.3 is 0 Å². The van der Waals surface area contributed by atoms with Crippen LogP contribution in [0.25, 0.3) is 0 Å². The molecule has 0 aromatic rings. The van der Waals surface area contributed by atoms with Gasteiger partial charge in [0.05, 0.1) is 5.60 Å². The van der Waals surface area contributed by atoms with Gasteiger partial charge in [0, 0.05) is 0 Å². The highest BCUT2D eigenvalue weighted by molar-refractivity contribution is 5.33. The Morgan fingerprint density at radius 3 is 2.40 bits per heavy atom. The average Bonchev–Trinajstić information content (AvgIpc) is 1.99. The van der Waals surface area contributed by atoms with E-state index in [1.54, 1.807) is 0 Å². The molecule has 1 aliphatic rings. The molecule has 0 aliphatic heterocycles. The topological polar surface area (TPSA) is 20.2 Å². The van der Waals surface area contributed by atoms with Crippen molar-refractivity contribution < 1.29 is 5.11 Å². The summed E-state index contributed by atoms with van der Waals surface area (Å²) >= 11 is 0. The van der Waals surface area contributed by atoms with E-state index in [0.717, 1.165) is 0 Å². The Labute approximate surface area is 93.9 Å². The largest absolute Gasteiger partial charge is 0.386 e. The van der Waals surface area contributed by atoms with Crippen molar-refractivity contribution in [1.82, 2.24) is 0 Å². The van der Waals surface area contributed by atoms with Crippen LogP contribution in [0.2, 0.25) is 0 Å². The number of aliphatic hydroxyl groups is 1. The maximum atomic E-state index is 9.70. The molecule has 0 bridgehead atoms. The molecule has 1 aliphatic carbocycles. The summed E-state index contributed by atoms with van der Waals surface area (Å²) in [6.45, 7) is 10.4. The molecule has 0 aromatic heterocycles. The fourth-order valence-corrected chi connectivity index (χ4v) is 2.30. The molecule has 86 valence electrons. The summed E-state index contributed by atoms with van der Waals surface area (Å²) in [6, 6.07) is 0. The first-order valence-electron chi connectivity index (χ1n) is 5.84. The molecule has 0 amide bonds. The lowest BCUT2D eigenvalue weighted by atomic mass is 9.72. The van der Waals surface area contributed by atoms with Gasteiger partial charge in [-0.2, -0.15) is 0 Å². The fraction of sp³-hybridized carbons (Fsp3) is 0.714. The molecule has 0 saturated carbocycles. The van der Waals surface area contributed by atoms with Gasteiger partial charge in [0.15, 0.2) is 0 Å². The molecule has 1 rings (SSSR count). The summed E-state index contributed by atoms with van der Waals surface area (Å²) in [5.74, 6) is 0. The van der Waals surface area contributed by atoms with E-state index in [1.165, 1.54) is 30.4 Å². The zero-order valence-corrected chi connectivity index (χ0v) is 10.7. The van der Waals surface area contributed by atoms with Crippen LogP contribution >= 0.6 is 0 Å². The van der Waals surface area contributed by atoms with Gasteiger partial charge in [-0.1, -0.05) is 31.6 Å². The molecule has 15 heavy (non-hydrogen) atoms. The summed E-state index contributed by atoms with van der Waals surface area (Å²) in [6.07, 6.45) is 7.76. The van der Waals surface area contributed by atoms with Gasteiger partial charge in [0.25, 0.3) is 0 Å². The molecule has 0 heterocycles. The third-order valence-corrected chi connectivity index (χ3v) is 3.20. The van der Waals surface area contributed by atoms with Crippen molar-refractivity contribution in [3.8, 4) is 0 Å². The van der Waals surface area contributed by atoms with Crippen LogP contribution < -0.4 is 0 Å². The first kappa shape index (κ1) is 12.5. The second kappa shape index (κ2) is 4.13. The van der Waals surface area contributed by atoms with Crippen LogP contribution in [0.1, 0.15) is 53.9 Å². The lowest BCUT2D eigenvalue weighted by Crippen LogP contribution is -2.20. The first-order valence-corrected chi connectivity index (χ1v) is 5.84. The summed E-state index contributed by atoms with van der Waals surface area (Å²) in [4.78, 5) is 0. The van der Waals surface area contributed by atoms with Crippen molar-refractivity contribution >= 4 is 0 Å². The van der Waals surface area contributed by atoms with Gasteiger partial charge in [0.2, 0.25) is 0 Å². The van der Waals surface area contributed by atoms with E-state index < -0.39 is 5.60 Å². The zero-order valence-electron chi connectivity index (χ0n) is 10.7. The highest BCUT2D eigenvalue weighted by Crippen LogP contribution is 2.40. The van der Waals surface area contributed by atoms with Crippen molar-refractivity contribution in [1.29, 1.82) is 0 Å². The normalized spacial score (nSPS) is 22.5. The van der Waals surface area contributed by atoms with Crippen molar-refractivity contribution in [3.05, 3.63) is 23.3 Å². The second-order valence-electron chi connectivity index (χ2n) is 5.92. The molecule has 1 N–H and O–H groups in total. The van der Waals surface area contributed by atoms with Crippen LogP contribution in [-0.4, -0.2) is 10.7 Å². The monoisotopic (exact) mass is 208 g/mol. The van der Waals surface area contributed by atoms with Crippen LogP contribution in [0.4, 0.5) is 0 Å². The van der Waals surface area contributed by atoms with E-state index in [-0.39, 0.29) is 5.41 Å². The predicted octanol–water partition coefficient (Wildman–Crippen LogP) is 3.84. The van der Waals surface area contributed by atoms with Crippen molar-refractivity contribution in [2.45, 2.75) is 59.5 Å². The van der Waals surface area contributed by atoms with E-state index in [2.05, 4.69) is 26.8 Å². The average molecular weight is 208 g/mol. The highest BCUT2D eigenvalue weighted by atomic mass is 16.3. The Balaban J connectivity index is 2.95. The molecule has 0 fully saturated rings. The molecule has 0 radical (unpaired) electrons. The minimum absolute atomic E-state index is 0.268. The molecule has 0 aromatic carbocycles. The number of hydrogen-bond acceptors (Lipinski definition) is 1. The van der Waals surface area contributed by atoms with Gasteiger partial charge in [-0.3, -0.25) is 0 Å². The van der Waals surface area contributed by atoms with E-state index in [9.17, 15) is 5.11 Å². The maximum absolute atomic E-state index is 9.70. The molecule has 1 nitrogen and oxygen atoms in total. The Morgan fingerprint density at radius 1 is 1.33 bits per heavy atom. The van der Waals surface area contributed by atoms with Crippen molar-refractivity contribution in [3.63, 3.8) is 0 Å². The van der Waals surface area contributed by atoms with Crippen LogP contribution in [0.3, 0.4) is 0 Å². The first-order chi connectivity index (χ1) is 6.72.